The Hall–Kier alpha value is -0.970. The zero-order valence-corrected chi connectivity index (χ0v) is 10.9. The maximum absolute atomic E-state index is 11.3. The highest BCUT2D eigenvalue weighted by molar-refractivity contribution is 6.42. The third kappa shape index (κ3) is 4.81. The number of hydrogen-bond acceptors (Lipinski definition) is 2. The fraction of sp³-hybridized carbons (Fsp3) is 0.200. The third-order valence-corrected chi connectivity index (χ3v) is 2.68. The number of urea groups is 1. The van der Waals surface area contributed by atoms with Gasteiger partial charge in [-0.3, -0.25) is 10.1 Å². The number of anilines is 1. The van der Waals surface area contributed by atoms with Gasteiger partial charge in [-0.05, 0) is 18.2 Å². The van der Waals surface area contributed by atoms with Crippen molar-refractivity contribution >= 4 is 52.4 Å². The van der Waals surface area contributed by atoms with E-state index >= 15 is 0 Å². The molecule has 0 aliphatic carbocycles. The van der Waals surface area contributed by atoms with Crippen LogP contribution in [0.3, 0.4) is 0 Å². The molecule has 0 fully saturated rings. The summed E-state index contributed by atoms with van der Waals surface area (Å²) in [5.41, 5.74) is 0.440. The van der Waals surface area contributed by atoms with Crippen LogP contribution in [0.25, 0.3) is 0 Å². The van der Waals surface area contributed by atoms with E-state index in [1.54, 1.807) is 12.1 Å². The highest BCUT2D eigenvalue weighted by Gasteiger charge is 2.07. The predicted octanol–water partition coefficient (Wildman–Crippen LogP) is 3.27. The molecule has 92 valence electrons. The zero-order chi connectivity index (χ0) is 12.8. The van der Waals surface area contributed by atoms with E-state index in [4.69, 9.17) is 34.8 Å². The molecule has 1 aromatic rings. The van der Waals surface area contributed by atoms with Crippen LogP contribution < -0.4 is 10.6 Å². The summed E-state index contributed by atoms with van der Waals surface area (Å²) in [4.78, 5) is 22.4. The summed E-state index contributed by atoms with van der Waals surface area (Å²) in [5, 5.41) is 5.26. The van der Waals surface area contributed by atoms with E-state index in [1.165, 1.54) is 6.07 Å². The van der Waals surface area contributed by atoms with Gasteiger partial charge in [0.05, 0.1) is 10.0 Å². The monoisotopic (exact) mass is 294 g/mol. The highest BCUT2D eigenvalue weighted by atomic mass is 35.5. The largest absolute Gasteiger partial charge is 0.325 e. The minimum Gasteiger partial charge on any atom is -0.308 e. The van der Waals surface area contributed by atoms with Crippen LogP contribution >= 0.6 is 34.8 Å². The Kier molecular flexibility index (Phi) is 5.55. The van der Waals surface area contributed by atoms with Gasteiger partial charge in [0.2, 0.25) is 5.91 Å². The summed E-state index contributed by atoms with van der Waals surface area (Å²) in [6.45, 7) is 0. The van der Waals surface area contributed by atoms with E-state index in [0.29, 0.717) is 15.7 Å². The summed E-state index contributed by atoms with van der Waals surface area (Å²) < 4.78 is 0. The van der Waals surface area contributed by atoms with Crippen molar-refractivity contribution in [1.29, 1.82) is 0 Å². The molecule has 0 bridgehead atoms. The molecule has 0 spiro atoms. The second-order valence-electron chi connectivity index (χ2n) is 3.07. The van der Waals surface area contributed by atoms with Crippen LogP contribution in [0, 0.1) is 0 Å². The molecule has 4 nitrogen and oxygen atoms in total. The fourth-order valence-corrected chi connectivity index (χ4v) is 1.48. The minimum absolute atomic E-state index is 0.0797. The Morgan fingerprint density at radius 1 is 1.18 bits per heavy atom. The fourth-order valence-electron chi connectivity index (χ4n) is 1.01. The number of imide groups is 1. The average Bonchev–Trinajstić information content (AvgIpc) is 2.23. The van der Waals surface area contributed by atoms with Gasteiger partial charge in [-0.1, -0.05) is 23.2 Å². The molecule has 0 heterocycles. The summed E-state index contributed by atoms with van der Waals surface area (Å²) in [6.07, 6.45) is 0.0797. The van der Waals surface area contributed by atoms with Gasteiger partial charge in [-0.2, -0.15) is 0 Å². The van der Waals surface area contributed by atoms with Gasteiger partial charge in [0, 0.05) is 18.0 Å². The van der Waals surface area contributed by atoms with Crippen molar-refractivity contribution in [2.45, 2.75) is 6.42 Å². The molecule has 0 aliphatic heterocycles. The summed E-state index contributed by atoms with van der Waals surface area (Å²) in [7, 11) is 0. The first kappa shape index (κ1) is 14.1. The van der Waals surface area contributed by atoms with Crippen LogP contribution in [-0.4, -0.2) is 17.8 Å². The number of halogens is 3. The van der Waals surface area contributed by atoms with E-state index in [9.17, 15) is 9.59 Å². The van der Waals surface area contributed by atoms with Crippen LogP contribution in [0.15, 0.2) is 18.2 Å². The van der Waals surface area contributed by atoms with Crippen molar-refractivity contribution in [1.82, 2.24) is 5.32 Å². The molecule has 0 saturated heterocycles. The molecule has 0 aliphatic rings. The number of alkyl halides is 1. The van der Waals surface area contributed by atoms with Crippen molar-refractivity contribution in [3.8, 4) is 0 Å². The molecule has 0 radical (unpaired) electrons. The standard InChI is InChI=1S/C10H9Cl3N2O2/c11-4-3-9(16)15-10(17)14-6-1-2-7(12)8(13)5-6/h1-2,5H,3-4H2,(H2,14,15,16,17). The van der Waals surface area contributed by atoms with Crippen molar-refractivity contribution in [3.05, 3.63) is 28.2 Å². The molecule has 1 rings (SSSR count). The normalized spacial score (nSPS) is 9.82. The predicted molar refractivity (Wildman–Crippen MR) is 69.0 cm³/mol. The molecular formula is C10H9Cl3N2O2. The smallest absolute Gasteiger partial charge is 0.308 e. The van der Waals surface area contributed by atoms with Gasteiger partial charge in [0.25, 0.3) is 0 Å². The number of hydrogen-bond donors (Lipinski definition) is 2. The van der Waals surface area contributed by atoms with Gasteiger partial charge in [0.1, 0.15) is 0 Å². The Morgan fingerprint density at radius 2 is 1.88 bits per heavy atom. The average molecular weight is 296 g/mol. The molecule has 0 aromatic heterocycles. The Morgan fingerprint density at radius 3 is 2.47 bits per heavy atom. The molecule has 2 N–H and O–H groups in total. The number of amides is 3. The van der Waals surface area contributed by atoms with Crippen molar-refractivity contribution in [2.24, 2.45) is 0 Å². The van der Waals surface area contributed by atoms with E-state index in [1.807, 2.05) is 0 Å². The molecule has 0 atom stereocenters. The summed E-state index contributed by atoms with van der Waals surface area (Å²) >= 11 is 16.8. The van der Waals surface area contributed by atoms with Crippen LogP contribution in [0.5, 0.6) is 0 Å². The highest BCUT2D eigenvalue weighted by Crippen LogP contribution is 2.24. The van der Waals surface area contributed by atoms with Crippen LogP contribution in [0.1, 0.15) is 6.42 Å². The van der Waals surface area contributed by atoms with E-state index < -0.39 is 11.9 Å². The molecule has 3 amide bonds. The molecule has 17 heavy (non-hydrogen) atoms. The SMILES string of the molecule is O=C(CCCl)NC(=O)Nc1ccc(Cl)c(Cl)c1. The third-order valence-electron chi connectivity index (χ3n) is 1.75. The van der Waals surface area contributed by atoms with Crippen LogP contribution in [0.2, 0.25) is 10.0 Å². The van der Waals surface area contributed by atoms with E-state index in [0.717, 1.165) is 0 Å². The maximum Gasteiger partial charge on any atom is 0.325 e. The summed E-state index contributed by atoms with van der Waals surface area (Å²) in [6, 6.07) is 3.95. The number of nitrogens with one attached hydrogen (secondary N) is 2. The molecule has 1 aromatic carbocycles. The number of carbonyl (C=O) groups excluding carboxylic acids is 2. The number of benzene rings is 1. The number of carbonyl (C=O) groups is 2. The Balaban J connectivity index is 2.56. The topological polar surface area (TPSA) is 58.2 Å². The van der Waals surface area contributed by atoms with Gasteiger partial charge < -0.3 is 5.32 Å². The quantitative estimate of drug-likeness (QED) is 0.841. The second kappa shape index (κ2) is 6.69. The van der Waals surface area contributed by atoms with E-state index in [2.05, 4.69) is 10.6 Å². The van der Waals surface area contributed by atoms with Crippen LogP contribution in [-0.2, 0) is 4.79 Å². The lowest BCUT2D eigenvalue weighted by Gasteiger charge is -2.06. The minimum atomic E-state index is -0.640. The van der Waals surface area contributed by atoms with E-state index in [-0.39, 0.29) is 12.3 Å². The van der Waals surface area contributed by atoms with Crippen LogP contribution in [0.4, 0.5) is 10.5 Å². The van der Waals surface area contributed by atoms with Gasteiger partial charge >= 0.3 is 6.03 Å². The first-order chi connectivity index (χ1) is 8.02. The Bertz CT molecular complexity index is 438. The van der Waals surface area contributed by atoms with Gasteiger partial charge in [-0.25, -0.2) is 4.79 Å². The molecular weight excluding hydrogens is 286 g/mol. The lowest BCUT2D eigenvalue weighted by molar-refractivity contribution is -0.119. The molecule has 7 heteroatoms. The van der Waals surface area contributed by atoms with Gasteiger partial charge in [0.15, 0.2) is 0 Å². The lowest BCUT2D eigenvalue weighted by atomic mass is 10.3. The zero-order valence-electron chi connectivity index (χ0n) is 8.60. The maximum atomic E-state index is 11.3. The Labute approximate surface area is 113 Å². The summed E-state index contributed by atoms with van der Waals surface area (Å²) in [5.74, 6) is -0.288. The molecule has 0 unspecified atom stereocenters. The van der Waals surface area contributed by atoms with Crippen molar-refractivity contribution in [3.63, 3.8) is 0 Å². The number of rotatable bonds is 3. The lowest BCUT2D eigenvalue weighted by Crippen LogP contribution is -2.34. The van der Waals surface area contributed by atoms with Crippen molar-refractivity contribution < 1.29 is 9.59 Å². The second-order valence-corrected chi connectivity index (χ2v) is 4.26. The first-order valence-electron chi connectivity index (χ1n) is 4.65. The molecule has 0 saturated carbocycles. The van der Waals surface area contributed by atoms with Gasteiger partial charge in [-0.15, -0.1) is 11.6 Å². The first-order valence-corrected chi connectivity index (χ1v) is 5.94. The van der Waals surface area contributed by atoms with Crippen molar-refractivity contribution in [2.75, 3.05) is 11.2 Å².